The summed E-state index contributed by atoms with van der Waals surface area (Å²) in [4.78, 5) is 11.1. The molecule has 8 heteroatoms. The van der Waals surface area contributed by atoms with Gasteiger partial charge in [-0.2, -0.15) is 13.2 Å². The van der Waals surface area contributed by atoms with Gasteiger partial charge in [-0.15, -0.1) is 0 Å². The molecule has 1 aromatic rings. The summed E-state index contributed by atoms with van der Waals surface area (Å²) in [7, 11) is 0. The van der Waals surface area contributed by atoms with E-state index in [0.29, 0.717) is 0 Å². The smallest absolute Gasteiger partial charge is 0.405 e. The Kier molecular flexibility index (Phi) is 5.11. The molecular weight excluding hydrogens is 270 g/mol. The van der Waals surface area contributed by atoms with Gasteiger partial charge < -0.3 is 15.2 Å². The number of para-hydroxylation sites is 1. The number of nitrogens with one attached hydrogen (secondary N) is 1. The van der Waals surface area contributed by atoms with Crippen molar-refractivity contribution < 1.29 is 32.2 Å². The van der Waals surface area contributed by atoms with Crippen LogP contribution in [-0.4, -0.2) is 30.3 Å². The number of hydrogen-bond acceptors (Lipinski definition) is 3. The molecule has 1 rings (SSSR count). The van der Waals surface area contributed by atoms with Crippen molar-refractivity contribution >= 4 is 5.91 Å². The number of carbonyl (C=O) groups excluding carboxylic acids is 1. The lowest BCUT2D eigenvalue weighted by Crippen LogP contribution is -2.36. The first kappa shape index (κ1) is 15.2. The Morgan fingerprint density at radius 2 is 2.05 bits per heavy atom. The summed E-state index contributed by atoms with van der Waals surface area (Å²) < 4.78 is 53.5. The van der Waals surface area contributed by atoms with E-state index in [9.17, 15) is 22.4 Å². The van der Waals surface area contributed by atoms with Gasteiger partial charge in [0.15, 0.2) is 18.2 Å². The van der Waals surface area contributed by atoms with Crippen LogP contribution in [-0.2, 0) is 11.4 Å². The largest absolute Gasteiger partial charge is 0.480 e. The maximum atomic E-state index is 13.3. The lowest BCUT2D eigenvalue weighted by atomic mass is 10.2. The molecule has 0 saturated carbocycles. The molecule has 0 saturated heterocycles. The third-order valence-corrected chi connectivity index (χ3v) is 2.05. The number of aliphatic hydroxyl groups is 1. The fourth-order valence-electron chi connectivity index (χ4n) is 1.23. The summed E-state index contributed by atoms with van der Waals surface area (Å²) in [6.07, 6.45) is -4.52. The molecule has 0 aliphatic carbocycles. The zero-order valence-electron chi connectivity index (χ0n) is 9.63. The second-order valence-corrected chi connectivity index (χ2v) is 3.57. The molecule has 19 heavy (non-hydrogen) atoms. The van der Waals surface area contributed by atoms with Crippen LogP contribution in [0.1, 0.15) is 5.56 Å². The second kappa shape index (κ2) is 6.37. The van der Waals surface area contributed by atoms with Crippen LogP contribution in [0.2, 0.25) is 0 Å². The minimum Gasteiger partial charge on any atom is -0.480 e. The summed E-state index contributed by atoms with van der Waals surface area (Å²) in [5.74, 6) is -2.20. The number of aliphatic hydroxyl groups excluding tert-OH is 1. The van der Waals surface area contributed by atoms with Gasteiger partial charge in [-0.1, -0.05) is 12.1 Å². The van der Waals surface area contributed by atoms with E-state index >= 15 is 0 Å². The van der Waals surface area contributed by atoms with E-state index in [4.69, 9.17) is 9.84 Å². The summed E-state index contributed by atoms with van der Waals surface area (Å²) >= 11 is 0. The fourth-order valence-corrected chi connectivity index (χ4v) is 1.23. The third-order valence-electron chi connectivity index (χ3n) is 2.05. The number of amides is 1. The van der Waals surface area contributed by atoms with Crippen LogP contribution in [0.25, 0.3) is 0 Å². The highest BCUT2D eigenvalue weighted by Crippen LogP contribution is 2.22. The van der Waals surface area contributed by atoms with Crippen LogP contribution in [0.4, 0.5) is 17.6 Å². The van der Waals surface area contributed by atoms with Crippen LogP contribution in [0.5, 0.6) is 5.75 Å². The number of carbonyl (C=O) groups is 1. The molecule has 1 amide bonds. The number of benzene rings is 1. The van der Waals surface area contributed by atoms with Crippen LogP contribution < -0.4 is 10.1 Å². The number of alkyl halides is 3. The van der Waals surface area contributed by atoms with Gasteiger partial charge >= 0.3 is 6.18 Å². The molecule has 106 valence electrons. The van der Waals surface area contributed by atoms with E-state index < -0.39 is 37.7 Å². The number of halogens is 4. The lowest BCUT2D eigenvalue weighted by molar-refractivity contribution is -0.139. The predicted octanol–water partition coefficient (Wildman–Crippen LogP) is 1.38. The van der Waals surface area contributed by atoms with Crippen molar-refractivity contribution in [1.82, 2.24) is 5.32 Å². The molecule has 0 aromatic heterocycles. The van der Waals surface area contributed by atoms with Gasteiger partial charge in [-0.05, 0) is 6.07 Å². The Balaban J connectivity index is 2.55. The van der Waals surface area contributed by atoms with Crippen LogP contribution in [0.3, 0.4) is 0 Å². The van der Waals surface area contributed by atoms with Gasteiger partial charge in [0.2, 0.25) is 0 Å². The Bertz CT molecular complexity index is 448. The predicted molar refractivity (Wildman–Crippen MR) is 56.9 cm³/mol. The standard InChI is InChI=1S/C11H11F4NO3/c12-8-3-1-2-7(4-17)10(8)19-5-9(18)16-6-11(13,14)15/h1-3,17H,4-6H2,(H,16,18). The van der Waals surface area contributed by atoms with Crippen molar-refractivity contribution in [1.29, 1.82) is 0 Å². The Morgan fingerprint density at radius 1 is 1.37 bits per heavy atom. The summed E-state index contributed by atoms with van der Waals surface area (Å²) in [5, 5.41) is 10.5. The monoisotopic (exact) mass is 281 g/mol. The molecule has 0 spiro atoms. The summed E-state index contributed by atoms with van der Waals surface area (Å²) in [6.45, 7) is -2.78. The minimum absolute atomic E-state index is 0.101. The van der Waals surface area contributed by atoms with Gasteiger partial charge in [0.05, 0.1) is 6.61 Å². The topological polar surface area (TPSA) is 58.6 Å². The molecule has 1 aromatic carbocycles. The summed E-state index contributed by atoms with van der Waals surface area (Å²) in [5.41, 5.74) is 0.101. The van der Waals surface area contributed by atoms with Crippen LogP contribution in [0.15, 0.2) is 18.2 Å². The van der Waals surface area contributed by atoms with Gasteiger partial charge in [0, 0.05) is 5.56 Å². The number of rotatable bonds is 5. The van der Waals surface area contributed by atoms with Gasteiger partial charge in [0.25, 0.3) is 5.91 Å². The lowest BCUT2D eigenvalue weighted by Gasteiger charge is -2.12. The van der Waals surface area contributed by atoms with Crippen molar-refractivity contribution in [2.45, 2.75) is 12.8 Å². The maximum Gasteiger partial charge on any atom is 0.405 e. The number of hydrogen-bond donors (Lipinski definition) is 2. The van der Waals surface area contributed by atoms with E-state index in [1.165, 1.54) is 12.1 Å². The first-order valence-corrected chi connectivity index (χ1v) is 5.18. The summed E-state index contributed by atoms with van der Waals surface area (Å²) in [6, 6.07) is 3.74. The van der Waals surface area contributed by atoms with Crippen molar-refractivity contribution in [2.75, 3.05) is 13.2 Å². The molecule has 0 aliphatic heterocycles. The van der Waals surface area contributed by atoms with Crippen molar-refractivity contribution in [2.24, 2.45) is 0 Å². The molecular formula is C11H11F4NO3. The number of ether oxygens (including phenoxy) is 1. The van der Waals surface area contributed by atoms with Crippen molar-refractivity contribution in [3.63, 3.8) is 0 Å². The minimum atomic E-state index is -4.52. The van der Waals surface area contributed by atoms with Gasteiger partial charge in [0.1, 0.15) is 6.54 Å². The highest BCUT2D eigenvalue weighted by molar-refractivity contribution is 5.77. The van der Waals surface area contributed by atoms with Gasteiger partial charge in [-0.25, -0.2) is 4.39 Å². The SMILES string of the molecule is O=C(COc1c(F)cccc1CO)NCC(F)(F)F. The van der Waals surface area contributed by atoms with E-state index in [-0.39, 0.29) is 11.3 Å². The Hall–Kier alpha value is -1.83. The van der Waals surface area contributed by atoms with Gasteiger partial charge in [-0.3, -0.25) is 4.79 Å². The molecule has 0 bridgehead atoms. The van der Waals surface area contributed by atoms with E-state index in [1.54, 1.807) is 5.32 Å². The molecule has 0 radical (unpaired) electrons. The third kappa shape index (κ3) is 5.12. The zero-order valence-corrected chi connectivity index (χ0v) is 9.63. The quantitative estimate of drug-likeness (QED) is 0.802. The molecule has 0 heterocycles. The Labute approximate surface area is 106 Å². The Morgan fingerprint density at radius 3 is 2.63 bits per heavy atom. The van der Waals surface area contributed by atoms with E-state index in [0.717, 1.165) is 6.07 Å². The van der Waals surface area contributed by atoms with E-state index in [2.05, 4.69) is 0 Å². The molecule has 0 aliphatic rings. The van der Waals surface area contributed by atoms with Crippen LogP contribution in [0, 0.1) is 5.82 Å². The van der Waals surface area contributed by atoms with Crippen LogP contribution >= 0.6 is 0 Å². The molecule has 0 unspecified atom stereocenters. The molecule has 4 nitrogen and oxygen atoms in total. The second-order valence-electron chi connectivity index (χ2n) is 3.57. The first-order valence-electron chi connectivity index (χ1n) is 5.18. The van der Waals surface area contributed by atoms with Crippen molar-refractivity contribution in [3.8, 4) is 5.75 Å². The fraction of sp³-hybridized carbons (Fsp3) is 0.364. The zero-order chi connectivity index (χ0) is 14.5. The van der Waals surface area contributed by atoms with Crippen molar-refractivity contribution in [3.05, 3.63) is 29.6 Å². The molecule has 0 atom stereocenters. The highest BCUT2D eigenvalue weighted by Gasteiger charge is 2.27. The highest BCUT2D eigenvalue weighted by atomic mass is 19.4. The molecule has 0 fully saturated rings. The normalized spacial score (nSPS) is 11.2. The van der Waals surface area contributed by atoms with E-state index in [1.807, 2.05) is 0 Å². The first-order chi connectivity index (χ1) is 8.83. The average Bonchev–Trinajstić information content (AvgIpc) is 2.33. The average molecular weight is 281 g/mol. The maximum absolute atomic E-state index is 13.3. The molecule has 2 N–H and O–H groups in total.